The number of methoxy groups -OCH3 is 1. The quantitative estimate of drug-likeness (QED) is 0.334. The van der Waals surface area contributed by atoms with Gasteiger partial charge < -0.3 is 14.8 Å². The van der Waals surface area contributed by atoms with Gasteiger partial charge in [0.25, 0.3) is 0 Å². The van der Waals surface area contributed by atoms with Crippen LogP contribution < -0.4 is 15.5 Å². The van der Waals surface area contributed by atoms with E-state index in [9.17, 15) is 0 Å². The van der Waals surface area contributed by atoms with Gasteiger partial charge >= 0.3 is 0 Å². The summed E-state index contributed by atoms with van der Waals surface area (Å²) in [4.78, 5) is 0. The summed E-state index contributed by atoms with van der Waals surface area (Å²) in [7, 11) is 1.64. The predicted molar refractivity (Wildman–Crippen MR) is 100 cm³/mol. The van der Waals surface area contributed by atoms with Crippen molar-refractivity contribution in [3.05, 3.63) is 65.7 Å². The van der Waals surface area contributed by atoms with Crippen molar-refractivity contribution in [2.75, 3.05) is 20.3 Å². The molecular weight excluding hydrogens is 322 g/mol. The first-order chi connectivity index (χ1) is 11.8. The number of nitrogens with one attached hydrogen (secondary N) is 2. The monoisotopic (exact) mass is 343 g/mol. The highest BCUT2D eigenvalue weighted by molar-refractivity contribution is 7.80. The smallest absolute Gasteiger partial charge is 0.187 e. The van der Waals surface area contributed by atoms with Crippen molar-refractivity contribution in [2.24, 2.45) is 5.10 Å². The summed E-state index contributed by atoms with van der Waals surface area (Å²) in [5.74, 6) is 0.820. The maximum absolute atomic E-state index is 5.74. The first kappa shape index (κ1) is 17.9. The Morgan fingerprint density at radius 3 is 2.58 bits per heavy atom. The number of hydrazone groups is 1. The lowest BCUT2D eigenvalue weighted by Crippen LogP contribution is -2.34. The molecule has 0 fully saturated rings. The summed E-state index contributed by atoms with van der Waals surface area (Å²) in [6.45, 7) is 1.79. The SMILES string of the molecule is COCCNC(=S)NN=Cc1ccc(OCc2ccccc2)cc1. The molecule has 2 aromatic rings. The average Bonchev–Trinajstić information content (AvgIpc) is 2.62. The van der Waals surface area contributed by atoms with Crippen molar-refractivity contribution in [1.29, 1.82) is 0 Å². The van der Waals surface area contributed by atoms with Crippen LogP contribution >= 0.6 is 12.2 Å². The van der Waals surface area contributed by atoms with Crippen LogP contribution in [0.15, 0.2) is 59.7 Å². The van der Waals surface area contributed by atoms with Crippen molar-refractivity contribution in [2.45, 2.75) is 6.61 Å². The van der Waals surface area contributed by atoms with E-state index < -0.39 is 0 Å². The molecule has 24 heavy (non-hydrogen) atoms. The molecule has 0 aliphatic rings. The van der Waals surface area contributed by atoms with Gasteiger partial charge in [-0.25, -0.2) is 0 Å². The van der Waals surface area contributed by atoms with Crippen molar-refractivity contribution in [1.82, 2.24) is 10.7 Å². The van der Waals surface area contributed by atoms with E-state index in [0.29, 0.717) is 24.9 Å². The number of benzene rings is 2. The number of hydrogen-bond donors (Lipinski definition) is 2. The van der Waals surface area contributed by atoms with Gasteiger partial charge in [0.2, 0.25) is 0 Å². The molecule has 0 aliphatic heterocycles. The van der Waals surface area contributed by atoms with Gasteiger partial charge in [0.15, 0.2) is 5.11 Å². The summed E-state index contributed by atoms with van der Waals surface area (Å²) in [6, 6.07) is 17.8. The molecule has 0 unspecified atom stereocenters. The molecular formula is C18H21N3O2S. The number of ether oxygens (including phenoxy) is 2. The molecule has 0 atom stereocenters. The normalized spacial score (nSPS) is 10.5. The topological polar surface area (TPSA) is 54.9 Å². The minimum absolute atomic E-state index is 0.464. The fraction of sp³-hybridized carbons (Fsp3) is 0.222. The Labute approximate surface area is 147 Å². The number of nitrogens with zero attached hydrogens (tertiary/aromatic N) is 1. The van der Waals surface area contributed by atoms with Crippen LogP contribution in [-0.2, 0) is 11.3 Å². The van der Waals surface area contributed by atoms with Crippen LogP contribution in [0.2, 0.25) is 0 Å². The highest BCUT2D eigenvalue weighted by atomic mass is 32.1. The minimum atomic E-state index is 0.464. The van der Waals surface area contributed by atoms with Crippen LogP contribution in [0, 0.1) is 0 Å². The third kappa shape index (κ3) is 6.76. The van der Waals surface area contributed by atoms with E-state index in [0.717, 1.165) is 16.9 Å². The van der Waals surface area contributed by atoms with Gasteiger partial charge in [-0.3, -0.25) is 5.43 Å². The molecule has 6 heteroatoms. The molecule has 126 valence electrons. The van der Waals surface area contributed by atoms with E-state index in [1.165, 1.54) is 0 Å². The van der Waals surface area contributed by atoms with Gasteiger partial charge in [-0.05, 0) is 47.6 Å². The lowest BCUT2D eigenvalue weighted by Gasteiger charge is -2.07. The van der Waals surface area contributed by atoms with Gasteiger partial charge in [0.1, 0.15) is 12.4 Å². The number of thiocarbonyl (C=S) groups is 1. The standard InChI is InChI=1S/C18H21N3O2S/c1-22-12-11-19-18(24)21-20-13-15-7-9-17(10-8-15)23-14-16-5-3-2-4-6-16/h2-10,13H,11-12,14H2,1H3,(H2,19,21,24). The van der Waals surface area contributed by atoms with Crippen LogP contribution in [0.5, 0.6) is 5.75 Å². The third-order valence-electron chi connectivity index (χ3n) is 3.10. The molecule has 0 bridgehead atoms. The summed E-state index contributed by atoms with van der Waals surface area (Å²) < 4.78 is 10.7. The molecule has 0 radical (unpaired) electrons. The Morgan fingerprint density at radius 2 is 1.88 bits per heavy atom. The van der Waals surface area contributed by atoms with E-state index in [2.05, 4.69) is 15.8 Å². The molecule has 5 nitrogen and oxygen atoms in total. The van der Waals surface area contributed by atoms with Gasteiger partial charge in [-0.2, -0.15) is 5.10 Å². The summed E-state index contributed by atoms with van der Waals surface area (Å²) >= 11 is 5.07. The van der Waals surface area contributed by atoms with Crippen molar-refractivity contribution < 1.29 is 9.47 Å². The molecule has 0 amide bonds. The second-order valence-corrected chi connectivity index (χ2v) is 5.37. The largest absolute Gasteiger partial charge is 0.489 e. The molecule has 0 aromatic heterocycles. The maximum Gasteiger partial charge on any atom is 0.187 e. The van der Waals surface area contributed by atoms with Crippen molar-refractivity contribution in [3.63, 3.8) is 0 Å². The molecule has 0 saturated carbocycles. The molecule has 0 heterocycles. The highest BCUT2D eigenvalue weighted by Gasteiger charge is 1.96. The summed E-state index contributed by atoms with van der Waals surface area (Å²) in [6.07, 6.45) is 1.70. The van der Waals surface area contributed by atoms with Crippen LogP contribution in [0.1, 0.15) is 11.1 Å². The maximum atomic E-state index is 5.74. The lowest BCUT2D eigenvalue weighted by atomic mass is 10.2. The predicted octanol–water partition coefficient (Wildman–Crippen LogP) is 2.71. The van der Waals surface area contributed by atoms with Crippen LogP contribution in [0.4, 0.5) is 0 Å². The van der Waals surface area contributed by atoms with E-state index in [1.54, 1.807) is 13.3 Å². The zero-order valence-electron chi connectivity index (χ0n) is 13.6. The fourth-order valence-corrected chi connectivity index (χ4v) is 2.02. The lowest BCUT2D eigenvalue weighted by molar-refractivity contribution is 0.204. The van der Waals surface area contributed by atoms with Gasteiger partial charge in [-0.15, -0.1) is 0 Å². The van der Waals surface area contributed by atoms with E-state index in [4.69, 9.17) is 21.7 Å². The zero-order valence-corrected chi connectivity index (χ0v) is 14.4. The fourth-order valence-electron chi connectivity index (χ4n) is 1.86. The minimum Gasteiger partial charge on any atom is -0.489 e. The Bertz CT molecular complexity index is 645. The number of hydrogen-bond acceptors (Lipinski definition) is 4. The highest BCUT2D eigenvalue weighted by Crippen LogP contribution is 2.13. The van der Waals surface area contributed by atoms with E-state index >= 15 is 0 Å². The molecule has 2 rings (SSSR count). The Balaban J connectivity index is 1.75. The number of rotatable bonds is 8. The third-order valence-corrected chi connectivity index (χ3v) is 3.34. The van der Waals surface area contributed by atoms with Crippen LogP contribution in [0.25, 0.3) is 0 Å². The van der Waals surface area contributed by atoms with E-state index in [-0.39, 0.29) is 0 Å². The first-order valence-electron chi connectivity index (χ1n) is 7.60. The van der Waals surface area contributed by atoms with Crippen molar-refractivity contribution >= 4 is 23.5 Å². The second-order valence-electron chi connectivity index (χ2n) is 4.96. The van der Waals surface area contributed by atoms with Crippen molar-refractivity contribution in [3.8, 4) is 5.75 Å². The second kappa shape index (κ2) is 10.4. The Kier molecular flexibility index (Phi) is 7.73. The van der Waals surface area contributed by atoms with Gasteiger partial charge in [-0.1, -0.05) is 30.3 Å². The van der Waals surface area contributed by atoms with Gasteiger partial charge in [0.05, 0.1) is 12.8 Å². The van der Waals surface area contributed by atoms with E-state index in [1.807, 2.05) is 54.6 Å². The Hall–Kier alpha value is -2.44. The van der Waals surface area contributed by atoms with Gasteiger partial charge in [0, 0.05) is 13.7 Å². The van der Waals surface area contributed by atoms with Crippen LogP contribution in [0.3, 0.4) is 0 Å². The molecule has 0 aliphatic carbocycles. The summed E-state index contributed by atoms with van der Waals surface area (Å²) in [5.41, 5.74) is 4.85. The van der Waals surface area contributed by atoms with Crippen LogP contribution in [-0.4, -0.2) is 31.6 Å². The molecule has 0 spiro atoms. The first-order valence-corrected chi connectivity index (χ1v) is 8.01. The molecule has 0 saturated heterocycles. The zero-order chi connectivity index (χ0) is 17.0. The summed E-state index contributed by atoms with van der Waals surface area (Å²) in [5, 5.41) is 7.52. The molecule has 2 aromatic carbocycles. The average molecular weight is 343 g/mol. The molecule has 2 N–H and O–H groups in total. The Morgan fingerprint density at radius 1 is 1.12 bits per heavy atom.